The fraction of sp³-hybridized carbons (Fsp3) is 0.480. The molecular formula is C25H30N6O3. The second-order valence-electron chi connectivity index (χ2n) is 10.1. The Kier molecular flexibility index (Phi) is 5.93. The Balaban J connectivity index is 1.16. The predicted molar refractivity (Wildman–Crippen MR) is 125 cm³/mol. The summed E-state index contributed by atoms with van der Waals surface area (Å²) in [4.78, 5) is 19.3. The number of benzene rings is 1. The van der Waals surface area contributed by atoms with Crippen molar-refractivity contribution < 1.29 is 14.3 Å². The monoisotopic (exact) mass is 462 g/mol. The second kappa shape index (κ2) is 9.04. The van der Waals surface area contributed by atoms with Gasteiger partial charge in [0.1, 0.15) is 24.3 Å². The van der Waals surface area contributed by atoms with Crippen LogP contribution in [-0.4, -0.2) is 53.9 Å². The minimum atomic E-state index is -0.466. The fourth-order valence-electron chi connectivity index (χ4n) is 4.96. The highest BCUT2D eigenvalue weighted by Crippen LogP contribution is 2.43. The molecule has 2 bridgehead atoms. The number of fused-ring (bicyclic) bond motifs is 2. The van der Waals surface area contributed by atoms with Gasteiger partial charge in [-0.3, -0.25) is 4.98 Å². The zero-order valence-electron chi connectivity index (χ0n) is 19.8. The van der Waals surface area contributed by atoms with Crippen LogP contribution in [0, 0.1) is 0 Å². The number of hydrogen-bond donors (Lipinski definition) is 0. The van der Waals surface area contributed by atoms with Crippen molar-refractivity contribution in [2.45, 2.75) is 76.7 Å². The van der Waals surface area contributed by atoms with E-state index in [-0.39, 0.29) is 18.2 Å². The molecule has 1 amide bonds. The average Bonchev–Trinajstić information content (AvgIpc) is 3.44. The molecule has 5 rings (SSSR count). The summed E-state index contributed by atoms with van der Waals surface area (Å²) < 4.78 is 13.1. The standard InChI is InChI=1S/C25H30N6O3/c1-25(2,3)34-24(32)31-21-6-7-22(31)13-18(12-21)17-4-5-19(26-14-17)15-33-23-10-8-20(9-11-23)30-16-27-28-29-30/h4-5,8-11,14,16,18,21-22H,6-7,12-13,15H2,1-3H3. The van der Waals surface area contributed by atoms with Crippen LogP contribution in [0.15, 0.2) is 48.9 Å². The molecule has 3 aromatic rings. The number of hydrogen-bond acceptors (Lipinski definition) is 7. The molecule has 0 spiro atoms. The van der Waals surface area contributed by atoms with E-state index < -0.39 is 5.60 Å². The maximum Gasteiger partial charge on any atom is 0.410 e. The Bertz CT molecular complexity index is 1100. The Morgan fingerprint density at radius 3 is 2.38 bits per heavy atom. The average molecular weight is 463 g/mol. The predicted octanol–water partition coefficient (Wildman–Crippen LogP) is 4.28. The topological polar surface area (TPSA) is 95.3 Å². The number of nitrogens with zero attached hydrogens (tertiary/aromatic N) is 6. The molecule has 2 unspecified atom stereocenters. The number of pyridine rings is 1. The summed E-state index contributed by atoms with van der Waals surface area (Å²) in [6.45, 7) is 6.15. The van der Waals surface area contributed by atoms with E-state index in [4.69, 9.17) is 9.47 Å². The first-order valence-electron chi connectivity index (χ1n) is 11.8. The summed E-state index contributed by atoms with van der Waals surface area (Å²) >= 11 is 0. The first kappa shape index (κ1) is 22.3. The smallest absolute Gasteiger partial charge is 0.410 e. The van der Waals surface area contributed by atoms with Crippen molar-refractivity contribution in [2.75, 3.05) is 0 Å². The van der Waals surface area contributed by atoms with Crippen LogP contribution in [0.2, 0.25) is 0 Å². The van der Waals surface area contributed by atoms with E-state index in [9.17, 15) is 4.79 Å². The van der Waals surface area contributed by atoms with E-state index in [1.165, 1.54) is 5.56 Å². The normalized spacial score (nSPS) is 22.0. The third-order valence-electron chi connectivity index (χ3n) is 6.49. The summed E-state index contributed by atoms with van der Waals surface area (Å²) in [5.41, 5.74) is 2.51. The first-order valence-corrected chi connectivity index (χ1v) is 11.8. The fourth-order valence-corrected chi connectivity index (χ4v) is 4.96. The Hall–Kier alpha value is -3.49. The molecule has 2 aromatic heterocycles. The van der Waals surface area contributed by atoms with Crippen molar-refractivity contribution in [3.63, 3.8) is 0 Å². The van der Waals surface area contributed by atoms with E-state index in [1.54, 1.807) is 11.0 Å². The van der Waals surface area contributed by atoms with E-state index in [0.717, 1.165) is 42.8 Å². The van der Waals surface area contributed by atoms with Crippen LogP contribution in [0.1, 0.15) is 63.6 Å². The van der Waals surface area contributed by atoms with Crippen molar-refractivity contribution >= 4 is 6.09 Å². The highest BCUT2D eigenvalue weighted by atomic mass is 16.6. The molecule has 2 aliphatic heterocycles. The molecule has 2 aliphatic rings. The Morgan fingerprint density at radius 2 is 1.79 bits per heavy atom. The van der Waals surface area contributed by atoms with Gasteiger partial charge in [-0.25, -0.2) is 9.48 Å². The maximum atomic E-state index is 12.7. The van der Waals surface area contributed by atoms with Crippen LogP contribution >= 0.6 is 0 Å². The number of rotatable bonds is 5. The van der Waals surface area contributed by atoms with E-state index in [1.807, 2.05) is 62.2 Å². The largest absolute Gasteiger partial charge is 0.487 e. The maximum absolute atomic E-state index is 12.7. The number of piperidine rings is 1. The quantitative estimate of drug-likeness (QED) is 0.558. The van der Waals surface area contributed by atoms with Crippen LogP contribution in [0.4, 0.5) is 4.79 Å². The van der Waals surface area contributed by atoms with Crippen LogP contribution in [-0.2, 0) is 11.3 Å². The third kappa shape index (κ3) is 4.88. The molecule has 9 nitrogen and oxygen atoms in total. The van der Waals surface area contributed by atoms with Gasteiger partial charge in [0.05, 0.1) is 11.4 Å². The van der Waals surface area contributed by atoms with Gasteiger partial charge in [0, 0.05) is 18.3 Å². The van der Waals surface area contributed by atoms with Gasteiger partial charge in [-0.05, 0) is 98.7 Å². The first-order chi connectivity index (χ1) is 16.4. The van der Waals surface area contributed by atoms with E-state index >= 15 is 0 Å². The van der Waals surface area contributed by atoms with Gasteiger partial charge < -0.3 is 14.4 Å². The molecule has 0 saturated carbocycles. The van der Waals surface area contributed by atoms with Gasteiger partial charge in [0.25, 0.3) is 0 Å². The summed E-state index contributed by atoms with van der Waals surface area (Å²) in [5.74, 6) is 1.17. The summed E-state index contributed by atoms with van der Waals surface area (Å²) in [7, 11) is 0. The molecule has 1 aromatic carbocycles. The molecule has 2 saturated heterocycles. The van der Waals surface area contributed by atoms with Crippen molar-refractivity contribution in [1.82, 2.24) is 30.1 Å². The van der Waals surface area contributed by atoms with Crippen LogP contribution in [0.25, 0.3) is 5.69 Å². The molecule has 9 heteroatoms. The second-order valence-corrected chi connectivity index (χ2v) is 10.1. The number of aromatic nitrogens is 5. The van der Waals surface area contributed by atoms with Gasteiger partial charge >= 0.3 is 6.09 Å². The minimum Gasteiger partial charge on any atom is -0.487 e. The van der Waals surface area contributed by atoms with Crippen LogP contribution in [0.5, 0.6) is 5.75 Å². The molecule has 0 aliphatic carbocycles. The third-order valence-corrected chi connectivity index (χ3v) is 6.49. The lowest BCUT2D eigenvalue weighted by Gasteiger charge is -2.39. The molecular weight excluding hydrogens is 432 g/mol. The van der Waals surface area contributed by atoms with E-state index in [2.05, 4.69) is 26.6 Å². The number of carbonyl (C=O) groups excluding carboxylic acids is 1. The molecule has 178 valence electrons. The molecule has 0 N–H and O–H groups in total. The zero-order valence-corrected chi connectivity index (χ0v) is 19.8. The van der Waals surface area contributed by atoms with Crippen molar-refractivity contribution in [2.24, 2.45) is 0 Å². The van der Waals surface area contributed by atoms with Crippen molar-refractivity contribution in [3.8, 4) is 11.4 Å². The lowest BCUT2D eigenvalue weighted by Crippen LogP contribution is -2.48. The molecule has 2 atom stereocenters. The number of ether oxygens (including phenoxy) is 2. The van der Waals surface area contributed by atoms with Crippen LogP contribution in [0.3, 0.4) is 0 Å². The number of tetrazole rings is 1. The minimum absolute atomic E-state index is 0.171. The highest BCUT2D eigenvalue weighted by Gasteiger charge is 2.45. The summed E-state index contributed by atoms with van der Waals surface area (Å²) in [5, 5.41) is 11.2. The Labute approximate surface area is 199 Å². The number of amides is 1. The molecule has 34 heavy (non-hydrogen) atoms. The van der Waals surface area contributed by atoms with Crippen molar-refractivity contribution in [3.05, 3.63) is 60.2 Å². The Morgan fingerprint density at radius 1 is 1.06 bits per heavy atom. The van der Waals surface area contributed by atoms with Gasteiger partial charge in [0.15, 0.2) is 0 Å². The summed E-state index contributed by atoms with van der Waals surface area (Å²) in [6.07, 6.45) is 7.36. The zero-order chi connectivity index (χ0) is 23.7. The van der Waals surface area contributed by atoms with Crippen LogP contribution < -0.4 is 4.74 Å². The lowest BCUT2D eigenvalue weighted by atomic mass is 9.86. The SMILES string of the molecule is CC(C)(C)OC(=O)N1C2CCC1CC(c1ccc(COc3ccc(-n4cnnn4)cc3)nc1)C2. The van der Waals surface area contributed by atoms with Crippen molar-refractivity contribution in [1.29, 1.82) is 0 Å². The lowest BCUT2D eigenvalue weighted by molar-refractivity contribution is 0.00583. The molecule has 2 fully saturated rings. The number of carbonyl (C=O) groups is 1. The van der Waals surface area contributed by atoms with Gasteiger partial charge in [-0.2, -0.15) is 0 Å². The highest BCUT2D eigenvalue weighted by molar-refractivity contribution is 5.69. The van der Waals surface area contributed by atoms with Gasteiger partial charge in [-0.15, -0.1) is 5.10 Å². The van der Waals surface area contributed by atoms with Gasteiger partial charge in [0.2, 0.25) is 0 Å². The summed E-state index contributed by atoms with van der Waals surface area (Å²) in [6, 6.07) is 12.3. The molecule has 0 radical (unpaired) electrons. The molecule has 4 heterocycles. The van der Waals surface area contributed by atoms with E-state index in [0.29, 0.717) is 12.5 Å². The van der Waals surface area contributed by atoms with Gasteiger partial charge in [-0.1, -0.05) is 6.07 Å².